The van der Waals surface area contributed by atoms with Crippen molar-refractivity contribution in [3.05, 3.63) is 95.3 Å². The average Bonchev–Trinajstić information content (AvgIpc) is 2.89. The molecule has 0 unspecified atom stereocenters. The zero-order valence-corrected chi connectivity index (χ0v) is 20.8. The number of alkyl carbamates (subject to hydrolysis) is 1. The highest BCUT2D eigenvalue weighted by molar-refractivity contribution is 5.87. The minimum absolute atomic E-state index is 0.190. The maximum absolute atomic E-state index is 13.1. The largest absolute Gasteiger partial charge is 0.490 e. The minimum atomic E-state index is -0.875. The molecule has 0 saturated carbocycles. The maximum atomic E-state index is 13.1. The second kappa shape index (κ2) is 14.2. The molecule has 3 rings (SSSR count). The first-order valence-corrected chi connectivity index (χ1v) is 11.9. The molecular weight excluding hydrogens is 477 g/mol. The highest BCUT2D eigenvalue weighted by atomic mass is 19.1. The van der Waals surface area contributed by atoms with Crippen molar-refractivity contribution >= 4 is 18.2 Å². The fraction of sp³-hybridized carbons (Fsp3) is 0.250. The Hall–Kier alpha value is -4.40. The van der Waals surface area contributed by atoms with E-state index in [0.29, 0.717) is 23.7 Å². The smallest absolute Gasteiger partial charge is 0.407 e. The van der Waals surface area contributed by atoms with E-state index in [1.54, 1.807) is 37.3 Å². The molecule has 0 saturated heterocycles. The van der Waals surface area contributed by atoms with Crippen LogP contribution in [0, 0.1) is 5.82 Å². The number of nitrogens with zero attached hydrogens (tertiary/aromatic N) is 1. The fourth-order valence-electron chi connectivity index (χ4n) is 3.36. The van der Waals surface area contributed by atoms with Crippen molar-refractivity contribution < 1.29 is 28.2 Å². The van der Waals surface area contributed by atoms with Gasteiger partial charge in [0.2, 0.25) is 0 Å². The van der Waals surface area contributed by atoms with Gasteiger partial charge in [-0.05, 0) is 60.9 Å². The quantitative estimate of drug-likeness (QED) is 0.276. The van der Waals surface area contributed by atoms with Gasteiger partial charge >= 0.3 is 6.09 Å². The zero-order valence-electron chi connectivity index (χ0n) is 20.8. The molecule has 3 aromatic carbocycles. The second-order valence-corrected chi connectivity index (χ2v) is 7.90. The summed E-state index contributed by atoms with van der Waals surface area (Å²) in [4.78, 5) is 24.7. The molecule has 0 spiro atoms. The van der Waals surface area contributed by atoms with E-state index in [-0.39, 0.29) is 25.5 Å². The predicted molar refractivity (Wildman–Crippen MR) is 138 cm³/mol. The van der Waals surface area contributed by atoms with E-state index < -0.39 is 18.0 Å². The van der Waals surface area contributed by atoms with Crippen LogP contribution in [-0.4, -0.2) is 37.5 Å². The number of nitrogens with one attached hydrogen (secondary N) is 2. The van der Waals surface area contributed by atoms with Crippen molar-refractivity contribution in [1.82, 2.24) is 10.7 Å². The van der Waals surface area contributed by atoms with E-state index in [9.17, 15) is 14.0 Å². The summed E-state index contributed by atoms with van der Waals surface area (Å²) in [7, 11) is 0. The molecule has 0 aromatic heterocycles. The molecule has 0 bridgehead atoms. The van der Waals surface area contributed by atoms with Gasteiger partial charge in [0.15, 0.2) is 11.5 Å². The summed E-state index contributed by atoms with van der Waals surface area (Å²) in [6.45, 7) is 4.40. The number of halogens is 1. The molecule has 0 aliphatic heterocycles. The van der Waals surface area contributed by atoms with Crippen LogP contribution in [0.1, 0.15) is 30.5 Å². The third-order valence-electron chi connectivity index (χ3n) is 5.13. The molecule has 2 N–H and O–H groups in total. The van der Waals surface area contributed by atoms with Crippen LogP contribution in [0.3, 0.4) is 0 Å². The molecule has 0 aliphatic carbocycles. The van der Waals surface area contributed by atoms with E-state index in [0.717, 1.165) is 11.1 Å². The van der Waals surface area contributed by atoms with Gasteiger partial charge in [0, 0.05) is 6.42 Å². The number of rotatable bonds is 12. The van der Waals surface area contributed by atoms with Crippen LogP contribution in [0.2, 0.25) is 0 Å². The summed E-state index contributed by atoms with van der Waals surface area (Å²) in [5.41, 5.74) is 4.83. The molecule has 194 valence electrons. The van der Waals surface area contributed by atoms with Gasteiger partial charge in [0.05, 0.1) is 19.4 Å². The molecule has 0 heterocycles. The number of hydrogen-bond acceptors (Lipinski definition) is 6. The number of ether oxygens (including phenoxy) is 3. The first kappa shape index (κ1) is 27.2. The van der Waals surface area contributed by atoms with Gasteiger partial charge in [0.25, 0.3) is 5.91 Å². The molecule has 9 heteroatoms. The highest BCUT2D eigenvalue weighted by Crippen LogP contribution is 2.29. The van der Waals surface area contributed by atoms with Crippen LogP contribution in [0.15, 0.2) is 77.9 Å². The molecule has 8 nitrogen and oxygen atoms in total. The van der Waals surface area contributed by atoms with Crippen LogP contribution in [0.4, 0.5) is 9.18 Å². The molecule has 3 aromatic rings. The van der Waals surface area contributed by atoms with Gasteiger partial charge < -0.3 is 19.5 Å². The molecular formula is C28H30FN3O5. The Morgan fingerprint density at radius 3 is 2.38 bits per heavy atom. The number of hydrogen-bond donors (Lipinski definition) is 2. The standard InChI is InChI=1S/C28H30FN3O5/c1-3-35-26-17-22(12-15-25(26)37-19-21-10-13-23(29)14-11-21)18-30-32-27(33)24(31-28(34)36-4-2)16-20-8-6-5-7-9-20/h5-15,17-18,24H,3-4,16,19H2,1-2H3,(H,31,34)(H,32,33)/b30-18-/t24-/m0/s1. The molecule has 37 heavy (non-hydrogen) atoms. The third kappa shape index (κ3) is 8.96. The van der Waals surface area contributed by atoms with Crippen LogP contribution in [0.5, 0.6) is 11.5 Å². The van der Waals surface area contributed by atoms with Crippen LogP contribution < -0.4 is 20.2 Å². The summed E-state index contributed by atoms with van der Waals surface area (Å²) < 4.78 is 29.6. The normalized spacial score (nSPS) is 11.5. The van der Waals surface area contributed by atoms with E-state index in [4.69, 9.17) is 14.2 Å². The summed E-state index contributed by atoms with van der Waals surface area (Å²) in [5.74, 6) is 0.231. The number of carbonyl (C=O) groups excluding carboxylic acids is 2. The van der Waals surface area contributed by atoms with Crippen molar-refractivity contribution in [3.8, 4) is 11.5 Å². The van der Waals surface area contributed by atoms with E-state index in [2.05, 4.69) is 15.8 Å². The van der Waals surface area contributed by atoms with Crippen molar-refractivity contribution in [2.45, 2.75) is 32.9 Å². The number of amides is 2. The van der Waals surface area contributed by atoms with Crippen LogP contribution in [-0.2, 0) is 22.6 Å². The lowest BCUT2D eigenvalue weighted by atomic mass is 10.1. The second-order valence-electron chi connectivity index (χ2n) is 7.90. The van der Waals surface area contributed by atoms with Crippen molar-refractivity contribution in [3.63, 3.8) is 0 Å². The monoisotopic (exact) mass is 507 g/mol. The first-order chi connectivity index (χ1) is 18.0. The molecule has 1 atom stereocenters. The number of hydrazone groups is 1. The Morgan fingerprint density at radius 2 is 1.68 bits per heavy atom. The maximum Gasteiger partial charge on any atom is 0.407 e. The van der Waals surface area contributed by atoms with E-state index in [1.165, 1.54) is 18.3 Å². The topological polar surface area (TPSA) is 98.2 Å². The van der Waals surface area contributed by atoms with Gasteiger partial charge in [-0.1, -0.05) is 42.5 Å². The highest BCUT2D eigenvalue weighted by Gasteiger charge is 2.21. The summed E-state index contributed by atoms with van der Waals surface area (Å²) >= 11 is 0. The van der Waals surface area contributed by atoms with Gasteiger partial charge in [-0.2, -0.15) is 5.10 Å². The molecule has 2 amide bonds. The van der Waals surface area contributed by atoms with Crippen LogP contribution >= 0.6 is 0 Å². The van der Waals surface area contributed by atoms with Crippen molar-refractivity contribution in [1.29, 1.82) is 0 Å². The molecule has 0 aliphatic rings. The Balaban J connectivity index is 1.65. The fourth-order valence-corrected chi connectivity index (χ4v) is 3.36. The third-order valence-corrected chi connectivity index (χ3v) is 5.13. The first-order valence-electron chi connectivity index (χ1n) is 11.9. The lowest BCUT2D eigenvalue weighted by Gasteiger charge is -2.17. The van der Waals surface area contributed by atoms with Gasteiger partial charge in [0.1, 0.15) is 18.5 Å². The molecule has 0 fully saturated rings. The Labute approximate surface area is 215 Å². The summed E-state index contributed by atoms with van der Waals surface area (Å²) in [5, 5.41) is 6.62. The van der Waals surface area contributed by atoms with Crippen LogP contribution in [0.25, 0.3) is 0 Å². The lowest BCUT2D eigenvalue weighted by molar-refractivity contribution is -0.123. The predicted octanol–water partition coefficient (Wildman–Crippen LogP) is 4.61. The van der Waals surface area contributed by atoms with E-state index >= 15 is 0 Å². The van der Waals surface area contributed by atoms with Gasteiger partial charge in [-0.3, -0.25) is 4.79 Å². The zero-order chi connectivity index (χ0) is 26.5. The summed E-state index contributed by atoms with van der Waals surface area (Å²) in [6, 6.07) is 19.7. The summed E-state index contributed by atoms with van der Waals surface area (Å²) in [6.07, 6.45) is 1.06. The van der Waals surface area contributed by atoms with E-state index in [1.807, 2.05) is 37.3 Å². The number of carbonyl (C=O) groups is 2. The Bertz CT molecular complexity index is 1190. The molecule has 0 radical (unpaired) electrons. The minimum Gasteiger partial charge on any atom is -0.490 e. The van der Waals surface area contributed by atoms with Gasteiger partial charge in [-0.25, -0.2) is 14.6 Å². The van der Waals surface area contributed by atoms with Crippen molar-refractivity contribution in [2.75, 3.05) is 13.2 Å². The Morgan fingerprint density at radius 1 is 0.919 bits per heavy atom. The number of benzene rings is 3. The lowest BCUT2D eigenvalue weighted by Crippen LogP contribution is -2.47. The van der Waals surface area contributed by atoms with Crippen molar-refractivity contribution in [2.24, 2.45) is 5.10 Å². The Kier molecular flexibility index (Phi) is 10.5. The van der Waals surface area contributed by atoms with Gasteiger partial charge in [-0.15, -0.1) is 0 Å². The average molecular weight is 508 g/mol. The SMILES string of the molecule is CCOC(=O)N[C@@H](Cc1ccccc1)C(=O)N/N=C\c1ccc(OCc2ccc(F)cc2)c(OCC)c1.